The highest BCUT2D eigenvalue weighted by Crippen LogP contribution is 2.30. The second kappa shape index (κ2) is 7.50. The molecule has 0 aliphatic carbocycles. The molecule has 0 unspecified atom stereocenters. The highest BCUT2D eigenvalue weighted by molar-refractivity contribution is 7.23. The van der Waals surface area contributed by atoms with E-state index in [1.54, 1.807) is 18.4 Å². The third kappa shape index (κ3) is 3.47. The number of fused-ring (bicyclic) bond motifs is 3. The second-order valence-corrected chi connectivity index (χ2v) is 8.15. The third-order valence-electron chi connectivity index (χ3n) is 5.26. The molecule has 1 atom stereocenters. The van der Waals surface area contributed by atoms with Crippen molar-refractivity contribution in [1.29, 1.82) is 0 Å². The Bertz CT molecular complexity index is 1170. The van der Waals surface area contributed by atoms with Gasteiger partial charge in [0, 0.05) is 30.5 Å². The Hall–Kier alpha value is -2.90. The number of nitrogens with zero attached hydrogens (tertiary/aromatic N) is 2. The summed E-state index contributed by atoms with van der Waals surface area (Å²) in [7, 11) is 1.66. The molecule has 1 N–H and O–H groups in total. The maximum atomic E-state index is 12.5. The first-order chi connectivity index (χ1) is 14.2. The number of amides is 1. The Kier molecular flexibility index (Phi) is 4.69. The van der Waals surface area contributed by atoms with Crippen LogP contribution in [0, 0.1) is 0 Å². The summed E-state index contributed by atoms with van der Waals surface area (Å²) in [4.78, 5) is 18.2. The van der Waals surface area contributed by atoms with Gasteiger partial charge in [-0.3, -0.25) is 9.20 Å². The zero-order valence-electron chi connectivity index (χ0n) is 16.1. The topological polar surface area (TPSA) is 64.9 Å². The Morgan fingerprint density at radius 1 is 1.31 bits per heavy atom. The van der Waals surface area contributed by atoms with E-state index in [1.807, 2.05) is 48.7 Å². The van der Waals surface area contributed by atoms with Gasteiger partial charge in [0.05, 0.1) is 29.1 Å². The molecular weight excluding hydrogens is 386 g/mol. The molecule has 0 spiro atoms. The maximum Gasteiger partial charge on any atom is 0.251 e. The number of ether oxygens (including phenoxy) is 2. The van der Waals surface area contributed by atoms with Crippen LogP contribution in [0.15, 0.2) is 48.7 Å². The fourth-order valence-corrected chi connectivity index (χ4v) is 4.70. The number of imidazole rings is 1. The predicted molar refractivity (Wildman–Crippen MR) is 114 cm³/mol. The standard InChI is InChI=1S/C22H21N3O3S/c1-27-16-7-4-14(5-8-16)18-13-25-19-9-6-15(11-20(19)29-22(25)24-18)21(26)23-12-17-3-2-10-28-17/h4-9,11,13,17H,2-3,10,12H2,1H3,(H,23,26)/t17-/m1/s1. The molecule has 4 aromatic rings. The van der Waals surface area contributed by atoms with Crippen LogP contribution in [0.5, 0.6) is 5.75 Å². The lowest BCUT2D eigenvalue weighted by atomic mass is 10.1. The molecule has 1 aliphatic rings. The van der Waals surface area contributed by atoms with E-state index in [-0.39, 0.29) is 12.0 Å². The van der Waals surface area contributed by atoms with Crippen molar-refractivity contribution in [2.24, 2.45) is 0 Å². The molecule has 2 aromatic heterocycles. The van der Waals surface area contributed by atoms with E-state index >= 15 is 0 Å². The minimum absolute atomic E-state index is 0.0626. The van der Waals surface area contributed by atoms with Gasteiger partial charge >= 0.3 is 0 Å². The molecule has 6 nitrogen and oxygen atoms in total. The predicted octanol–water partition coefficient (Wildman–Crippen LogP) is 4.13. The lowest BCUT2D eigenvalue weighted by Crippen LogP contribution is -2.31. The summed E-state index contributed by atoms with van der Waals surface area (Å²) in [6, 6.07) is 13.7. The van der Waals surface area contributed by atoms with Gasteiger partial charge in [-0.15, -0.1) is 0 Å². The summed E-state index contributed by atoms with van der Waals surface area (Å²) in [5.41, 5.74) is 3.67. The lowest BCUT2D eigenvalue weighted by Gasteiger charge is -2.10. The van der Waals surface area contributed by atoms with Crippen molar-refractivity contribution >= 4 is 32.4 Å². The van der Waals surface area contributed by atoms with Crippen LogP contribution in [0.3, 0.4) is 0 Å². The normalized spacial score (nSPS) is 16.5. The summed E-state index contributed by atoms with van der Waals surface area (Å²) in [6.07, 6.45) is 4.26. The van der Waals surface area contributed by atoms with Gasteiger partial charge in [0.1, 0.15) is 5.75 Å². The molecule has 1 aliphatic heterocycles. The van der Waals surface area contributed by atoms with Gasteiger partial charge < -0.3 is 14.8 Å². The van der Waals surface area contributed by atoms with Crippen LogP contribution in [0.1, 0.15) is 23.2 Å². The molecule has 7 heteroatoms. The van der Waals surface area contributed by atoms with Crippen molar-refractivity contribution in [3.63, 3.8) is 0 Å². The molecule has 0 radical (unpaired) electrons. The highest BCUT2D eigenvalue weighted by atomic mass is 32.1. The van der Waals surface area contributed by atoms with E-state index in [2.05, 4.69) is 9.72 Å². The van der Waals surface area contributed by atoms with Crippen molar-refractivity contribution in [3.05, 3.63) is 54.2 Å². The first-order valence-electron chi connectivity index (χ1n) is 9.67. The van der Waals surface area contributed by atoms with Crippen LogP contribution < -0.4 is 10.1 Å². The zero-order chi connectivity index (χ0) is 19.8. The molecular formula is C22H21N3O3S. The summed E-state index contributed by atoms with van der Waals surface area (Å²) in [5, 5.41) is 2.98. The van der Waals surface area contributed by atoms with Gasteiger partial charge in [0.2, 0.25) is 0 Å². The Morgan fingerprint density at radius 2 is 2.17 bits per heavy atom. The lowest BCUT2D eigenvalue weighted by molar-refractivity contribution is 0.0858. The van der Waals surface area contributed by atoms with Crippen LogP contribution in [0.25, 0.3) is 26.4 Å². The monoisotopic (exact) mass is 407 g/mol. The molecule has 2 aromatic carbocycles. The molecule has 0 saturated carbocycles. The largest absolute Gasteiger partial charge is 0.497 e. The molecule has 1 fully saturated rings. The number of hydrogen-bond acceptors (Lipinski definition) is 5. The van der Waals surface area contributed by atoms with Gasteiger partial charge in [0.15, 0.2) is 4.96 Å². The minimum Gasteiger partial charge on any atom is -0.497 e. The first-order valence-corrected chi connectivity index (χ1v) is 10.5. The smallest absolute Gasteiger partial charge is 0.251 e. The van der Waals surface area contributed by atoms with E-state index in [9.17, 15) is 4.79 Å². The SMILES string of the molecule is COc1ccc(-c2cn3c(n2)sc2cc(C(=O)NC[C@H]4CCCO4)ccc23)cc1. The fraction of sp³-hybridized carbons (Fsp3) is 0.273. The first kappa shape index (κ1) is 18.1. The zero-order valence-corrected chi connectivity index (χ0v) is 16.9. The van der Waals surface area contributed by atoms with E-state index in [0.717, 1.165) is 51.6 Å². The summed E-state index contributed by atoms with van der Waals surface area (Å²) in [6.45, 7) is 1.36. The van der Waals surface area contributed by atoms with Crippen LogP contribution in [-0.4, -0.2) is 41.7 Å². The number of benzene rings is 2. The summed E-state index contributed by atoms with van der Waals surface area (Å²) in [5.74, 6) is 0.762. The van der Waals surface area contributed by atoms with Crippen molar-refractivity contribution in [1.82, 2.24) is 14.7 Å². The fourth-order valence-electron chi connectivity index (χ4n) is 3.66. The van der Waals surface area contributed by atoms with E-state index < -0.39 is 0 Å². The number of thiazole rings is 1. The minimum atomic E-state index is -0.0626. The number of hydrogen-bond donors (Lipinski definition) is 1. The van der Waals surface area contributed by atoms with Gasteiger partial charge in [0.25, 0.3) is 5.91 Å². The molecule has 3 heterocycles. The Morgan fingerprint density at radius 3 is 2.93 bits per heavy atom. The van der Waals surface area contributed by atoms with Crippen LogP contribution >= 0.6 is 11.3 Å². The highest BCUT2D eigenvalue weighted by Gasteiger charge is 2.17. The molecule has 5 rings (SSSR count). The average molecular weight is 407 g/mol. The van der Waals surface area contributed by atoms with Gasteiger partial charge in [-0.2, -0.15) is 0 Å². The van der Waals surface area contributed by atoms with Crippen LogP contribution in [-0.2, 0) is 4.74 Å². The number of nitrogens with one attached hydrogen (secondary N) is 1. The molecule has 1 saturated heterocycles. The second-order valence-electron chi connectivity index (χ2n) is 7.14. The van der Waals surface area contributed by atoms with E-state index in [1.165, 1.54) is 0 Å². The van der Waals surface area contributed by atoms with Crippen LogP contribution in [0.2, 0.25) is 0 Å². The number of methoxy groups -OCH3 is 1. The van der Waals surface area contributed by atoms with Crippen molar-refractivity contribution in [2.45, 2.75) is 18.9 Å². The summed E-state index contributed by atoms with van der Waals surface area (Å²) < 4.78 is 13.9. The average Bonchev–Trinajstić information content (AvgIpc) is 3.48. The Balaban J connectivity index is 1.39. The van der Waals surface area contributed by atoms with Crippen molar-refractivity contribution < 1.29 is 14.3 Å². The van der Waals surface area contributed by atoms with E-state index in [0.29, 0.717) is 12.1 Å². The number of rotatable bonds is 5. The number of carbonyl (C=O) groups is 1. The summed E-state index contributed by atoms with van der Waals surface area (Å²) >= 11 is 1.58. The van der Waals surface area contributed by atoms with Gasteiger partial charge in [-0.25, -0.2) is 4.98 Å². The number of aromatic nitrogens is 2. The van der Waals surface area contributed by atoms with Gasteiger partial charge in [-0.1, -0.05) is 11.3 Å². The number of carbonyl (C=O) groups excluding carboxylic acids is 1. The van der Waals surface area contributed by atoms with Crippen molar-refractivity contribution in [2.75, 3.05) is 20.3 Å². The molecule has 1 amide bonds. The third-order valence-corrected chi connectivity index (χ3v) is 6.27. The van der Waals surface area contributed by atoms with Crippen molar-refractivity contribution in [3.8, 4) is 17.0 Å². The molecule has 29 heavy (non-hydrogen) atoms. The van der Waals surface area contributed by atoms with E-state index in [4.69, 9.17) is 14.5 Å². The molecule has 148 valence electrons. The maximum absolute atomic E-state index is 12.5. The molecule has 0 bridgehead atoms. The Labute approximate surface area is 172 Å². The van der Waals surface area contributed by atoms with Gasteiger partial charge in [-0.05, 0) is 55.3 Å². The van der Waals surface area contributed by atoms with Crippen LogP contribution in [0.4, 0.5) is 0 Å². The quantitative estimate of drug-likeness (QED) is 0.540.